The molecule has 0 bridgehead atoms. The Kier molecular flexibility index (Phi) is 6.81. The van der Waals surface area contributed by atoms with E-state index in [0.29, 0.717) is 59.0 Å². The van der Waals surface area contributed by atoms with Gasteiger partial charge in [0.2, 0.25) is 0 Å². The second-order valence-electron chi connectivity index (χ2n) is 9.62. The monoisotopic (exact) mass is 464 g/mol. The molecule has 180 valence electrons. The predicted molar refractivity (Wildman–Crippen MR) is 130 cm³/mol. The molecule has 0 unspecified atom stereocenters. The number of benzene rings is 2. The standard InChI is InChI=1S/C26H32N4O4/c1-27(2)13-5-7-15-29-23(31)17-9-11-19-22-20(12-10-18(21(17)22)24(29)32)26(34)30(25(19)33)16-8-6-14-28(3)4/h9-12H,5-8,13-16H2,1-4H3. The van der Waals surface area contributed by atoms with Gasteiger partial charge in [-0.25, -0.2) is 0 Å². The highest BCUT2D eigenvalue weighted by atomic mass is 16.2. The van der Waals surface area contributed by atoms with Crippen molar-refractivity contribution in [1.29, 1.82) is 0 Å². The summed E-state index contributed by atoms with van der Waals surface area (Å²) in [5.41, 5.74) is 1.51. The van der Waals surface area contributed by atoms with Crippen molar-refractivity contribution < 1.29 is 19.2 Å². The maximum Gasteiger partial charge on any atom is 0.261 e. The maximum absolute atomic E-state index is 13.2. The zero-order chi connectivity index (χ0) is 24.6. The molecule has 0 aliphatic carbocycles. The van der Waals surface area contributed by atoms with Gasteiger partial charge in [0.1, 0.15) is 0 Å². The van der Waals surface area contributed by atoms with Crippen LogP contribution in [0.3, 0.4) is 0 Å². The molecule has 0 N–H and O–H groups in total. The molecule has 2 aromatic rings. The van der Waals surface area contributed by atoms with E-state index in [1.165, 1.54) is 9.80 Å². The third-order valence-corrected chi connectivity index (χ3v) is 6.54. The lowest BCUT2D eigenvalue weighted by molar-refractivity contribution is 0.0585. The number of rotatable bonds is 10. The van der Waals surface area contributed by atoms with Crippen molar-refractivity contribution >= 4 is 34.4 Å². The molecule has 34 heavy (non-hydrogen) atoms. The van der Waals surface area contributed by atoms with Crippen LogP contribution in [0, 0.1) is 0 Å². The normalized spacial score (nSPS) is 15.5. The SMILES string of the molecule is CN(C)CCCCN1C(=O)c2ccc3c4c(ccc(c24)C1=O)C(=O)N(CCCCN(C)C)C3=O. The van der Waals surface area contributed by atoms with Crippen LogP contribution in [-0.2, 0) is 0 Å². The molecule has 0 saturated carbocycles. The first-order chi connectivity index (χ1) is 16.2. The number of carbonyl (C=O) groups excluding carboxylic acids is 4. The Hall–Kier alpha value is -3.10. The van der Waals surface area contributed by atoms with Gasteiger partial charge in [0.25, 0.3) is 23.6 Å². The van der Waals surface area contributed by atoms with Gasteiger partial charge >= 0.3 is 0 Å². The van der Waals surface area contributed by atoms with Crippen molar-refractivity contribution in [3.05, 3.63) is 46.5 Å². The molecular formula is C26H32N4O4. The lowest BCUT2D eigenvalue weighted by Crippen LogP contribution is -2.43. The Morgan fingerprint density at radius 1 is 0.529 bits per heavy atom. The van der Waals surface area contributed by atoms with E-state index in [1.807, 2.05) is 28.2 Å². The summed E-state index contributed by atoms with van der Waals surface area (Å²) in [6.45, 7) is 2.44. The summed E-state index contributed by atoms with van der Waals surface area (Å²) >= 11 is 0. The molecule has 2 heterocycles. The van der Waals surface area contributed by atoms with Gasteiger partial charge in [-0.2, -0.15) is 0 Å². The lowest BCUT2D eigenvalue weighted by atomic mass is 9.86. The number of amides is 4. The summed E-state index contributed by atoms with van der Waals surface area (Å²) in [6, 6.07) is 6.52. The van der Waals surface area contributed by atoms with Crippen molar-refractivity contribution in [2.24, 2.45) is 0 Å². The molecule has 2 aliphatic heterocycles. The fourth-order valence-electron chi connectivity index (χ4n) is 4.78. The highest BCUT2D eigenvalue weighted by Gasteiger charge is 2.39. The topological polar surface area (TPSA) is 81.2 Å². The van der Waals surface area contributed by atoms with Crippen LogP contribution in [0.5, 0.6) is 0 Å². The van der Waals surface area contributed by atoms with Crippen molar-refractivity contribution in [3.63, 3.8) is 0 Å². The predicted octanol–water partition coefficient (Wildman–Crippen LogP) is 2.72. The van der Waals surface area contributed by atoms with Crippen molar-refractivity contribution in [2.75, 3.05) is 54.4 Å². The Labute approximate surface area is 200 Å². The van der Waals surface area contributed by atoms with Gasteiger partial charge in [-0.05, 0) is 91.2 Å². The van der Waals surface area contributed by atoms with Crippen molar-refractivity contribution in [2.45, 2.75) is 25.7 Å². The Bertz CT molecular complexity index is 1010. The van der Waals surface area contributed by atoms with Gasteiger partial charge in [-0.15, -0.1) is 0 Å². The first-order valence-corrected chi connectivity index (χ1v) is 11.8. The van der Waals surface area contributed by atoms with Gasteiger partial charge in [0.05, 0.1) is 0 Å². The van der Waals surface area contributed by atoms with E-state index in [-0.39, 0.29) is 23.6 Å². The van der Waals surface area contributed by atoms with Crippen LogP contribution in [0.15, 0.2) is 24.3 Å². The number of hydrogen-bond acceptors (Lipinski definition) is 6. The molecule has 2 aliphatic rings. The third kappa shape index (κ3) is 4.23. The Morgan fingerprint density at radius 3 is 1.09 bits per heavy atom. The molecule has 4 rings (SSSR count). The van der Waals surface area contributed by atoms with Gasteiger partial charge in [-0.3, -0.25) is 29.0 Å². The minimum absolute atomic E-state index is 0.342. The average molecular weight is 465 g/mol. The Balaban J connectivity index is 1.64. The van der Waals surface area contributed by atoms with E-state index in [2.05, 4.69) is 9.80 Å². The van der Waals surface area contributed by atoms with E-state index in [0.717, 1.165) is 25.9 Å². The molecular weight excluding hydrogens is 432 g/mol. The van der Waals surface area contributed by atoms with E-state index in [9.17, 15) is 19.2 Å². The quantitative estimate of drug-likeness (QED) is 0.397. The fourth-order valence-corrected chi connectivity index (χ4v) is 4.78. The van der Waals surface area contributed by atoms with Crippen LogP contribution in [0.1, 0.15) is 67.1 Å². The summed E-state index contributed by atoms with van der Waals surface area (Å²) < 4.78 is 0. The molecule has 4 amide bonds. The zero-order valence-corrected chi connectivity index (χ0v) is 20.4. The highest BCUT2D eigenvalue weighted by Crippen LogP contribution is 2.37. The zero-order valence-electron chi connectivity index (χ0n) is 20.4. The van der Waals surface area contributed by atoms with E-state index < -0.39 is 0 Å². The number of nitrogens with zero attached hydrogens (tertiary/aromatic N) is 4. The summed E-state index contributed by atoms with van der Waals surface area (Å²) in [4.78, 5) is 59.7. The first kappa shape index (κ1) is 24.0. The molecule has 8 nitrogen and oxygen atoms in total. The second-order valence-corrected chi connectivity index (χ2v) is 9.62. The number of imide groups is 2. The van der Waals surface area contributed by atoms with Crippen LogP contribution in [-0.4, -0.2) is 97.6 Å². The van der Waals surface area contributed by atoms with Crippen molar-refractivity contribution in [3.8, 4) is 0 Å². The van der Waals surface area contributed by atoms with E-state index >= 15 is 0 Å². The minimum Gasteiger partial charge on any atom is -0.309 e. The van der Waals surface area contributed by atoms with Crippen LogP contribution in [0.4, 0.5) is 0 Å². The molecule has 0 radical (unpaired) electrons. The summed E-state index contributed by atoms with van der Waals surface area (Å²) in [5.74, 6) is -1.46. The fraction of sp³-hybridized carbons (Fsp3) is 0.462. The highest BCUT2D eigenvalue weighted by molar-refractivity contribution is 6.33. The average Bonchev–Trinajstić information content (AvgIpc) is 2.79. The van der Waals surface area contributed by atoms with Gasteiger partial charge in [-0.1, -0.05) is 0 Å². The van der Waals surface area contributed by atoms with Gasteiger partial charge < -0.3 is 9.80 Å². The van der Waals surface area contributed by atoms with Crippen LogP contribution >= 0.6 is 0 Å². The molecule has 0 atom stereocenters. The summed E-state index contributed by atoms with van der Waals surface area (Å²) in [7, 11) is 7.95. The molecule has 0 aromatic heterocycles. The number of carbonyl (C=O) groups is 4. The molecule has 0 spiro atoms. The largest absolute Gasteiger partial charge is 0.309 e. The minimum atomic E-state index is -0.364. The van der Waals surface area contributed by atoms with Gasteiger partial charge in [0, 0.05) is 46.1 Å². The third-order valence-electron chi connectivity index (χ3n) is 6.54. The van der Waals surface area contributed by atoms with Crippen LogP contribution in [0.2, 0.25) is 0 Å². The number of hydrogen-bond donors (Lipinski definition) is 0. The Morgan fingerprint density at radius 2 is 0.824 bits per heavy atom. The maximum atomic E-state index is 13.2. The summed E-state index contributed by atoms with van der Waals surface area (Å²) in [5, 5.41) is 0.868. The molecule has 8 heteroatoms. The van der Waals surface area contributed by atoms with E-state index in [4.69, 9.17) is 0 Å². The first-order valence-electron chi connectivity index (χ1n) is 11.8. The van der Waals surface area contributed by atoms with E-state index in [1.54, 1.807) is 24.3 Å². The van der Waals surface area contributed by atoms with Gasteiger partial charge in [0.15, 0.2) is 0 Å². The smallest absolute Gasteiger partial charge is 0.261 e. The van der Waals surface area contributed by atoms with Crippen molar-refractivity contribution in [1.82, 2.24) is 19.6 Å². The van der Waals surface area contributed by atoms with Crippen LogP contribution < -0.4 is 0 Å². The molecule has 2 aromatic carbocycles. The molecule has 0 saturated heterocycles. The molecule has 0 fully saturated rings. The second kappa shape index (κ2) is 9.64. The number of unbranched alkanes of at least 4 members (excludes halogenated alkanes) is 2. The summed E-state index contributed by atoms with van der Waals surface area (Å²) in [6.07, 6.45) is 3.17. The lowest BCUT2D eigenvalue weighted by Gasteiger charge is -2.32. The van der Waals surface area contributed by atoms with Crippen LogP contribution in [0.25, 0.3) is 10.8 Å².